The van der Waals surface area contributed by atoms with Gasteiger partial charge in [-0.3, -0.25) is 9.59 Å². The Balaban J connectivity index is 2.70. The highest BCUT2D eigenvalue weighted by Gasteiger charge is 2.23. The minimum Gasteiger partial charge on any atom is -0.481 e. The van der Waals surface area contributed by atoms with E-state index in [0.717, 1.165) is 5.56 Å². The molecule has 1 aromatic carbocycles. The van der Waals surface area contributed by atoms with E-state index in [0.29, 0.717) is 5.69 Å². The van der Waals surface area contributed by atoms with Gasteiger partial charge in [-0.05, 0) is 25.5 Å². The van der Waals surface area contributed by atoms with Crippen molar-refractivity contribution in [3.05, 3.63) is 29.8 Å². The maximum Gasteiger partial charge on any atom is 0.316 e. The largest absolute Gasteiger partial charge is 0.481 e. The zero-order valence-corrected chi connectivity index (χ0v) is 9.36. The van der Waals surface area contributed by atoms with Crippen LogP contribution in [0.1, 0.15) is 18.9 Å². The summed E-state index contributed by atoms with van der Waals surface area (Å²) < 4.78 is 0. The molecule has 0 aliphatic heterocycles. The molecular formula is C12H15NO3. The third-order valence-electron chi connectivity index (χ3n) is 2.34. The van der Waals surface area contributed by atoms with Crippen LogP contribution in [0, 0.1) is 12.8 Å². The molecule has 0 aliphatic carbocycles. The first-order valence-corrected chi connectivity index (χ1v) is 5.15. The van der Waals surface area contributed by atoms with Gasteiger partial charge in [-0.1, -0.05) is 24.6 Å². The Morgan fingerprint density at radius 3 is 2.31 bits per heavy atom. The van der Waals surface area contributed by atoms with Crippen LogP contribution in [0.15, 0.2) is 24.3 Å². The van der Waals surface area contributed by atoms with Crippen molar-refractivity contribution in [2.45, 2.75) is 20.3 Å². The van der Waals surface area contributed by atoms with Crippen molar-refractivity contribution in [3.63, 3.8) is 0 Å². The highest BCUT2D eigenvalue weighted by Crippen LogP contribution is 2.12. The first kappa shape index (κ1) is 12.2. The van der Waals surface area contributed by atoms with E-state index in [1.54, 1.807) is 19.1 Å². The van der Waals surface area contributed by atoms with E-state index in [2.05, 4.69) is 5.32 Å². The molecule has 0 aliphatic rings. The van der Waals surface area contributed by atoms with E-state index in [1.165, 1.54) is 0 Å². The number of carboxylic acid groups (broad SMARTS) is 1. The lowest BCUT2D eigenvalue weighted by Crippen LogP contribution is -2.28. The predicted octanol–water partition coefficient (Wildman–Crippen LogP) is 2.04. The monoisotopic (exact) mass is 221 g/mol. The Kier molecular flexibility index (Phi) is 4.05. The Bertz CT molecular complexity index is 384. The zero-order valence-electron chi connectivity index (χ0n) is 9.36. The van der Waals surface area contributed by atoms with Crippen molar-refractivity contribution in [3.8, 4) is 0 Å². The van der Waals surface area contributed by atoms with E-state index >= 15 is 0 Å². The molecule has 1 unspecified atom stereocenters. The standard InChI is InChI=1S/C12H15NO3/c1-3-10(12(15)16)11(14)13-9-6-4-8(2)5-7-9/h4-7,10H,3H2,1-2H3,(H,13,14)(H,15,16). The van der Waals surface area contributed by atoms with Gasteiger partial charge in [0.1, 0.15) is 5.92 Å². The summed E-state index contributed by atoms with van der Waals surface area (Å²) in [7, 11) is 0. The molecule has 2 N–H and O–H groups in total. The number of benzene rings is 1. The highest BCUT2D eigenvalue weighted by atomic mass is 16.4. The summed E-state index contributed by atoms with van der Waals surface area (Å²) in [5.74, 6) is -2.55. The van der Waals surface area contributed by atoms with Crippen LogP contribution in [-0.4, -0.2) is 17.0 Å². The topological polar surface area (TPSA) is 66.4 Å². The van der Waals surface area contributed by atoms with Gasteiger partial charge < -0.3 is 10.4 Å². The summed E-state index contributed by atoms with van der Waals surface area (Å²) in [5, 5.41) is 11.4. The van der Waals surface area contributed by atoms with E-state index < -0.39 is 17.8 Å². The quantitative estimate of drug-likeness (QED) is 0.764. The molecule has 0 radical (unpaired) electrons. The Morgan fingerprint density at radius 1 is 1.31 bits per heavy atom. The van der Waals surface area contributed by atoms with Crippen molar-refractivity contribution in [1.29, 1.82) is 0 Å². The van der Waals surface area contributed by atoms with Gasteiger partial charge in [0.05, 0.1) is 0 Å². The molecule has 4 nitrogen and oxygen atoms in total. The highest BCUT2D eigenvalue weighted by molar-refractivity contribution is 6.04. The van der Waals surface area contributed by atoms with Gasteiger partial charge in [-0.2, -0.15) is 0 Å². The van der Waals surface area contributed by atoms with E-state index in [-0.39, 0.29) is 6.42 Å². The number of carboxylic acids is 1. The molecular weight excluding hydrogens is 206 g/mol. The second-order valence-corrected chi connectivity index (χ2v) is 3.65. The molecule has 4 heteroatoms. The van der Waals surface area contributed by atoms with Crippen LogP contribution in [0.4, 0.5) is 5.69 Å². The zero-order chi connectivity index (χ0) is 12.1. The number of aliphatic carboxylic acids is 1. The lowest BCUT2D eigenvalue weighted by Gasteiger charge is -2.10. The molecule has 0 spiro atoms. The Labute approximate surface area is 94.3 Å². The number of carbonyl (C=O) groups is 2. The number of rotatable bonds is 4. The van der Waals surface area contributed by atoms with Crippen molar-refractivity contribution >= 4 is 17.6 Å². The van der Waals surface area contributed by atoms with Crippen molar-refractivity contribution in [1.82, 2.24) is 0 Å². The van der Waals surface area contributed by atoms with Crippen LogP contribution < -0.4 is 5.32 Å². The van der Waals surface area contributed by atoms with Crippen molar-refractivity contribution < 1.29 is 14.7 Å². The second-order valence-electron chi connectivity index (χ2n) is 3.65. The number of hydrogen-bond acceptors (Lipinski definition) is 2. The molecule has 0 aromatic heterocycles. The van der Waals surface area contributed by atoms with E-state index in [1.807, 2.05) is 19.1 Å². The molecule has 16 heavy (non-hydrogen) atoms. The summed E-state index contributed by atoms with van der Waals surface area (Å²) >= 11 is 0. The summed E-state index contributed by atoms with van der Waals surface area (Å²) in [6, 6.07) is 7.22. The fraction of sp³-hybridized carbons (Fsp3) is 0.333. The number of hydrogen-bond donors (Lipinski definition) is 2. The molecule has 1 aromatic rings. The minimum absolute atomic E-state index is 0.285. The lowest BCUT2D eigenvalue weighted by atomic mass is 10.1. The maximum absolute atomic E-state index is 11.6. The molecule has 0 heterocycles. The normalized spacial score (nSPS) is 11.9. The molecule has 0 bridgehead atoms. The molecule has 86 valence electrons. The van der Waals surface area contributed by atoms with Gasteiger partial charge in [0, 0.05) is 5.69 Å². The Hall–Kier alpha value is -1.84. The first-order chi connectivity index (χ1) is 7.54. The number of anilines is 1. The molecule has 1 atom stereocenters. The molecule has 1 amide bonds. The number of nitrogens with one attached hydrogen (secondary N) is 1. The smallest absolute Gasteiger partial charge is 0.316 e. The number of carbonyl (C=O) groups excluding carboxylic acids is 1. The third kappa shape index (κ3) is 3.08. The van der Waals surface area contributed by atoms with Gasteiger partial charge in [-0.25, -0.2) is 0 Å². The van der Waals surface area contributed by atoms with E-state index in [4.69, 9.17) is 5.11 Å². The second kappa shape index (κ2) is 5.30. The van der Waals surface area contributed by atoms with Crippen LogP contribution in [-0.2, 0) is 9.59 Å². The van der Waals surface area contributed by atoms with Crippen LogP contribution >= 0.6 is 0 Å². The van der Waals surface area contributed by atoms with Gasteiger partial charge in [0.2, 0.25) is 5.91 Å². The van der Waals surface area contributed by atoms with Crippen LogP contribution in [0.25, 0.3) is 0 Å². The van der Waals surface area contributed by atoms with Gasteiger partial charge in [-0.15, -0.1) is 0 Å². The van der Waals surface area contributed by atoms with Crippen LogP contribution in [0.5, 0.6) is 0 Å². The van der Waals surface area contributed by atoms with E-state index in [9.17, 15) is 9.59 Å². The molecule has 0 fully saturated rings. The average molecular weight is 221 g/mol. The SMILES string of the molecule is CCC(C(=O)O)C(=O)Nc1ccc(C)cc1. The average Bonchev–Trinajstić information content (AvgIpc) is 2.22. The van der Waals surface area contributed by atoms with Gasteiger partial charge in [0.15, 0.2) is 0 Å². The first-order valence-electron chi connectivity index (χ1n) is 5.15. The van der Waals surface area contributed by atoms with Gasteiger partial charge >= 0.3 is 5.97 Å². The summed E-state index contributed by atoms with van der Waals surface area (Å²) in [6.45, 7) is 3.62. The summed E-state index contributed by atoms with van der Waals surface area (Å²) in [5.41, 5.74) is 1.71. The van der Waals surface area contributed by atoms with Gasteiger partial charge in [0.25, 0.3) is 0 Å². The third-order valence-corrected chi connectivity index (χ3v) is 2.34. The minimum atomic E-state index is -1.09. The lowest BCUT2D eigenvalue weighted by molar-refractivity contribution is -0.145. The summed E-state index contributed by atoms with van der Waals surface area (Å²) in [6.07, 6.45) is 0.285. The Morgan fingerprint density at radius 2 is 1.88 bits per heavy atom. The molecule has 0 saturated carbocycles. The van der Waals surface area contributed by atoms with Crippen molar-refractivity contribution in [2.75, 3.05) is 5.32 Å². The maximum atomic E-state index is 11.6. The predicted molar refractivity (Wildman–Crippen MR) is 61.2 cm³/mol. The van der Waals surface area contributed by atoms with Crippen LogP contribution in [0.3, 0.4) is 0 Å². The fourth-order valence-electron chi connectivity index (χ4n) is 1.34. The molecule has 0 saturated heterocycles. The molecule has 1 rings (SSSR count). The fourth-order valence-corrected chi connectivity index (χ4v) is 1.34. The van der Waals surface area contributed by atoms with Crippen LogP contribution in [0.2, 0.25) is 0 Å². The van der Waals surface area contributed by atoms with Crippen molar-refractivity contribution in [2.24, 2.45) is 5.92 Å². The number of aryl methyl sites for hydroxylation is 1. The number of amides is 1. The summed E-state index contributed by atoms with van der Waals surface area (Å²) in [4.78, 5) is 22.3.